The fraction of sp³-hybridized carbons (Fsp3) is 0.545. The summed E-state index contributed by atoms with van der Waals surface area (Å²) in [6, 6.07) is 0. The van der Waals surface area contributed by atoms with Crippen LogP contribution in [0.15, 0.2) is 21.3 Å². The van der Waals surface area contributed by atoms with Crippen LogP contribution in [0.2, 0.25) is 0 Å². The summed E-state index contributed by atoms with van der Waals surface area (Å²) < 4.78 is 2.01. The third-order valence-electron chi connectivity index (χ3n) is 1.74. The lowest BCUT2D eigenvalue weighted by Crippen LogP contribution is -2.03. The minimum Gasteiger partial charge on any atom is -0.282 e. The molecule has 1 rings (SSSR count). The zero-order valence-corrected chi connectivity index (χ0v) is 13.7. The van der Waals surface area contributed by atoms with E-state index in [9.17, 15) is 4.79 Å². The van der Waals surface area contributed by atoms with E-state index >= 15 is 0 Å². The van der Waals surface area contributed by atoms with Crippen molar-refractivity contribution in [2.45, 2.75) is 34.2 Å². The first-order chi connectivity index (χ1) is 8.65. The van der Waals surface area contributed by atoms with Crippen molar-refractivity contribution in [2.75, 3.05) is 11.5 Å². The first-order valence-electron chi connectivity index (χ1n) is 5.57. The fourth-order valence-electron chi connectivity index (χ4n) is 0.972. The molecule has 0 fully saturated rings. The maximum Gasteiger partial charge on any atom is 0.211 e. The topological polar surface area (TPSA) is 42.9 Å². The van der Waals surface area contributed by atoms with Crippen LogP contribution in [-0.2, 0) is 4.79 Å². The Morgan fingerprint density at radius 1 is 1.44 bits per heavy atom. The first-order valence-corrected chi connectivity index (χ1v) is 9.24. The normalized spacial score (nSPS) is 12.3. The molecule has 0 aliphatic rings. The highest BCUT2D eigenvalue weighted by atomic mass is 32.2. The molecule has 1 aromatic heterocycles. The Morgan fingerprint density at radius 2 is 2.11 bits per heavy atom. The fourth-order valence-corrected chi connectivity index (χ4v) is 4.76. The number of rotatable bonds is 8. The quantitative estimate of drug-likeness (QED) is 0.533. The van der Waals surface area contributed by atoms with Gasteiger partial charge in [-0.05, 0) is 12.5 Å². The summed E-state index contributed by atoms with van der Waals surface area (Å²) in [7, 11) is 0. The van der Waals surface area contributed by atoms with E-state index in [1.807, 2.05) is 6.92 Å². The van der Waals surface area contributed by atoms with Gasteiger partial charge in [0.25, 0.3) is 0 Å². The Morgan fingerprint density at radius 3 is 2.72 bits per heavy atom. The second kappa shape index (κ2) is 9.01. The lowest BCUT2D eigenvalue weighted by molar-refractivity contribution is -0.107. The van der Waals surface area contributed by atoms with Crippen LogP contribution in [-0.4, -0.2) is 32.1 Å². The van der Waals surface area contributed by atoms with Crippen molar-refractivity contribution in [3.8, 4) is 0 Å². The highest BCUT2D eigenvalue weighted by Crippen LogP contribution is 2.30. The van der Waals surface area contributed by atoms with Gasteiger partial charge in [-0.25, -0.2) is 0 Å². The van der Waals surface area contributed by atoms with Gasteiger partial charge in [-0.15, -0.1) is 10.2 Å². The number of carbonyl (C=O) groups excluding carboxylic acids is 1. The maximum absolute atomic E-state index is 11.2. The molecule has 0 amide bonds. The number of carbonyl (C=O) groups is 1. The standard InChI is InChI=1S/C11H16N2OS4/c1-4-6-15-10-12-13-11(18-10)16-7-8(3)17-9(14)5-2/h5,8H,2,4,6-7H2,1,3H3. The molecule has 1 heterocycles. The molecule has 1 unspecified atom stereocenters. The van der Waals surface area contributed by atoms with Gasteiger partial charge in [-0.2, -0.15) is 0 Å². The van der Waals surface area contributed by atoms with Gasteiger partial charge < -0.3 is 0 Å². The Labute approximate surface area is 125 Å². The molecule has 1 aromatic rings. The van der Waals surface area contributed by atoms with Gasteiger partial charge in [-0.1, -0.05) is 67.0 Å². The van der Waals surface area contributed by atoms with Crippen LogP contribution in [0.5, 0.6) is 0 Å². The van der Waals surface area contributed by atoms with Crippen LogP contribution in [0.3, 0.4) is 0 Å². The van der Waals surface area contributed by atoms with Crippen molar-refractivity contribution in [2.24, 2.45) is 0 Å². The second-order valence-corrected chi connectivity index (χ2v) is 8.47. The number of aromatic nitrogens is 2. The lowest BCUT2D eigenvalue weighted by atomic mass is 10.6. The average Bonchev–Trinajstić information content (AvgIpc) is 2.81. The Bertz CT molecular complexity index is 394. The van der Waals surface area contributed by atoms with Crippen LogP contribution < -0.4 is 0 Å². The number of hydrogen-bond donors (Lipinski definition) is 0. The van der Waals surface area contributed by atoms with Crippen LogP contribution in [0.1, 0.15) is 20.3 Å². The summed E-state index contributed by atoms with van der Waals surface area (Å²) >= 11 is 6.35. The van der Waals surface area contributed by atoms with Gasteiger partial charge in [0.1, 0.15) is 0 Å². The molecule has 0 bridgehead atoms. The van der Waals surface area contributed by atoms with E-state index in [0.717, 1.165) is 26.6 Å². The van der Waals surface area contributed by atoms with E-state index in [-0.39, 0.29) is 10.4 Å². The van der Waals surface area contributed by atoms with Crippen molar-refractivity contribution in [3.05, 3.63) is 12.7 Å². The molecule has 0 aliphatic heterocycles. The van der Waals surface area contributed by atoms with Gasteiger partial charge >= 0.3 is 0 Å². The van der Waals surface area contributed by atoms with Crippen LogP contribution >= 0.6 is 46.6 Å². The Balaban J connectivity index is 2.32. The van der Waals surface area contributed by atoms with Crippen LogP contribution in [0.4, 0.5) is 0 Å². The van der Waals surface area contributed by atoms with E-state index in [1.165, 1.54) is 17.8 Å². The third-order valence-corrected chi connectivity index (χ3v) is 6.58. The first kappa shape index (κ1) is 16.1. The molecule has 1 atom stereocenters. The van der Waals surface area contributed by atoms with Gasteiger partial charge in [0.2, 0.25) is 5.12 Å². The summed E-state index contributed by atoms with van der Waals surface area (Å²) in [5, 5.41) is 8.55. The molecule has 0 N–H and O–H groups in total. The van der Waals surface area contributed by atoms with E-state index in [1.54, 1.807) is 34.9 Å². The number of thioether (sulfide) groups is 3. The molecule has 3 nitrogen and oxygen atoms in total. The maximum atomic E-state index is 11.2. The molecule has 0 aliphatic carbocycles. The molecule has 7 heteroatoms. The van der Waals surface area contributed by atoms with Crippen LogP contribution in [0.25, 0.3) is 0 Å². The average molecular weight is 321 g/mol. The Hall–Kier alpha value is 0.0200. The van der Waals surface area contributed by atoms with Crippen molar-refractivity contribution in [1.29, 1.82) is 0 Å². The summed E-state index contributed by atoms with van der Waals surface area (Å²) in [6.45, 7) is 7.65. The highest BCUT2D eigenvalue weighted by molar-refractivity contribution is 8.15. The summed E-state index contributed by atoms with van der Waals surface area (Å²) in [4.78, 5) is 11.2. The van der Waals surface area contributed by atoms with Gasteiger partial charge in [0.05, 0.1) is 0 Å². The zero-order chi connectivity index (χ0) is 13.4. The predicted octanol–water partition coefficient (Wildman–Crippen LogP) is 3.97. The number of nitrogens with zero attached hydrogens (tertiary/aromatic N) is 2. The molecule has 0 saturated heterocycles. The molecular weight excluding hydrogens is 304 g/mol. The van der Waals surface area contributed by atoms with Crippen molar-refractivity contribution in [3.63, 3.8) is 0 Å². The highest BCUT2D eigenvalue weighted by Gasteiger charge is 2.10. The SMILES string of the molecule is C=CC(=O)SC(C)CSc1nnc(SCCC)s1. The molecule has 18 heavy (non-hydrogen) atoms. The molecular formula is C11H16N2OS4. The molecule has 0 saturated carbocycles. The second-order valence-electron chi connectivity index (χ2n) is 3.44. The van der Waals surface area contributed by atoms with Gasteiger partial charge in [0.15, 0.2) is 8.68 Å². The summed E-state index contributed by atoms with van der Waals surface area (Å²) in [5.41, 5.74) is 0. The smallest absolute Gasteiger partial charge is 0.211 e. The number of hydrogen-bond acceptors (Lipinski definition) is 7. The van der Waals surface area contributed by atoms with Gasteiger partial charge in [0, 0.05) is 16.8 Å². The van der Waals surface area contributed by atoms with Crippen molar-refractivity contribution < 1.29 is 4.79 Å². The van der Waals surface area contributed by atoms with Crippen molar-refractivity contribution >= 4 is 51.7 Å². The van der Waals surface area contributed by atoms with Crippen molar-refractivity contribution in [1.82, 2.24) is 10.2 Å². The molecule has 0 spiro atoms. The van der Waals surface area contributed by atoms with E-state index in [2.05, 4.69) is 23.7 Å². The minimum atomic E-state index is 0.0274. The van der Waals surface area contributed by atoms with E-state index < -0.39 is 0 Å². The third kappa shape index (κ3) is 6.26. The largest absolute Gasteiger partial charge is 0.282 e. The molecule has 100 valence electrons. The lowest BCUT2D eigenvalue weighted by Gasteiger charge is -2.05. The van der Waals surface area contributed by atoms with E-state index in [4.69, 9.17) is 0 Å². The summed E-state index contributed by atoms with van der Waals surface area (Å²) in [6.07, 6.45) is 2.50. The van der Waals surface area contributed by atoms with E-state index in [0.29, 0.717) is 0 Å². The van der Waals surface area contributed by atoms with Gasteiger partial charge in [-0.3, -0.25) is 4.79 Å². The molecule has 0 radical (unpaired) electrons. The summed E-state index contributed by atoms with van der Waals surface area (Å²) in [5.74, 6) is 1.94. The zero-order valence-electron chi connectivity index (χ0n) is 10.4. The van der Waals surface area contributed by atoms with Crippen LogP contribution in [0, 0.1) is 0 Å². The Kier molecular flexibility index (Phi) is 8.05. The molecule has 0 aromatic carbocycles. The predicted molar refractivity (Wildman–Crippen MR) is 83.9 cm³/mol. The monoisotopic (exact) mass is 320 g/mol. The minimum absolute atomic E-state index is 0.0274.